The lowest BCUT2D eigenvalue weighted by Gasteiger charge is -2.09. The number of carbonyl (C=O) groups excluding carboxylic acids is 3. The van der Waals surface area contributed by atoms with Crippen LogP contribution in [0.25, 0.3) is 11.0 Å². The number of esters is 1. The van der Waals surface area contributed by atoms with Crippen molar-refractivity contribution in [2.45, 2.75) is 13.8 Å². The summed E-state index contributed by atoms with van der Waals surface area (Å²) in [5.41, 5.74) is 0.0209. The van der Waals surface area contributed by atoms with Gasteiger partial charge in [-0.1, -0.05) is 12.1 Å². The average molecular weight is 443 g/mol. The number of carbonyl (C=O) groups is 3. The lowest BCUT2D eigenvalue weighted by atomic mass is 10.1. The normalized spacial score (nSPS) is 10.7. The van der Waals surface area contributed by atoms with Gasteiger partial charge in [0, 0.05) is 19.5 Å². The fraction of sp³-hybridized carbons (Fsp3) is 0.238. The molecule has 1 aromatic carbocycles. The van der Waals surface area contributed by atoms with Crippen LogP contribution in [0.1, 0.15) is 42.9 Å². The summed E-state index contributed by atoms with van der Waals surface area (Å²) < 4.78 is 10.4. The van der Waals surface area contributed by atoms with Crippen LogP contribution >= 0.6 is 11.3 Å². The van der Waals surface area contributed by atoms with Crippen LogP contribution in [0.4, 0.5) is 5.00 Å². The molecule has 3 aromatic rings. The minimum absolute atomic E-state index is 0.0853. The number of anilines is 1. The van der Waals surface area contributed by atoms with E-state index in [1.54, 1.807) is 40.1 Å². The van der Waals surface area contributed by atoms with E-state index in [-0.39, 0.29) is 40.0 Å². The van der Waals surface area contributed by atoms with Gasteiger partial charge in [-0.05, 0) is 31.5 Å². The van der Waals surface area contributed by atoms with Crippen molar-refractivity contribution in [3.05, 3.63) is 51.4 Å². The molecule has 162 valence electrons. The number of fused-ring (bicyclic) bond motifs is 1. The van der Waals surface area contributed by atoms with Gasteiger partial charge < -0.3 is 24.5 Å². The largest absolute Gasteiger partial charge is 0.504 e. The minimum Gasteiger partial charge on any atom is -0.504 e. The summed E-state index contributed by atoms with van der Waals surface area (Å²) >= 11 is 0.956. The van der Waals surface area contributed by atoms with Gasteiger partial charge in [0.2, 0.25) is 5.55 Å². The van der Waals surface area contributed by atoms with E-state index >= 15 is 0 Å². The predicted octanol–water partition coefficient (Wildman–Crippen LogP) is 3.12. The molecule has 0 bridgehead atoms. The van der Waals surface area contributed by atoms with Gasteiger partial charge >= 0.3 is 5.97 Å². The Hall–Kier alpha value is -3.66. The number of phenolic OH excluding ortho intramolecular Hbond substituents is 1. The zero-order chi connectivity index (χ0) is 22.9. The number of hydrogen-bond acceptors (Lipinski definition) is 8. The maximum atomic E-state index is 12.9. The lowest BCUT2D eigenvalue weighted by molar-refractivity contribution is 0.0527. The van der Waals surface area contributed by atoms with Gasteiger partial charge in [0.1, 0.15) is 10.6 Å². The zero-order valence-electron chi connectivity index (χ0n) is 17.4. The number of ether oxygens (including phenoxy) is 1. The number of thiophene rings is 1. The Labute approximate surface area is 181 Å². The van der Waals surface area contributed by atoms with Crippen LogP contribution in [0.15, 0.2) is 28.7 Å². The van der Waals surface area contributed by atoms with Crippen LogP contribution in [0, 0.1) is 12.3 Å². The first-order valence-corrected chi connectivity index (χ1v) is 10.1. The monoisotopic (exact) mass is 443 g/mol. The third kappa shape index (κ3) is 4.15. The fourth-order valence-electron chi connectivity index (χ4n) is 2.94. The van der Waals surface area contributed by atoms with Gasteiger partial charge in [-0.25, -0.2) is 4.79 Å². The molecule has 0 atom stereocenters. The zero-order valence-corrected chi connectivity index (χ0v) is 18.2. The van der Waals surface area contributed by atoms with Gasteiger partial charge in [-0.15, -0.1) is 11.3 Å². The van der Waals surface area contributed by atoms with Gasteiger partial charge in [0.05, 0.1) is 17.0 Å². The number of amides is 2. The van der Waals surface area contributed by atoms with E-state index in [0.717, 1.165) is 11.3 Å². The van der Waals surface area contributed by atoms with Crippen molar-refractivity contribution in [2.24, 2.45) is 0 Å². The van der Waals surface area contributed by atoms with E-state index in [0.29, 0.717) is 15.8 Å². The van der Waals surface area contributed by atoms with Gasteiger partial charge in [0.15, 0.2) is 11.3 Å². The molecule has 0 aliphatic heterocycles. The Balaban J connectivity index is 2.06. The average Bonchev–Trinajstić information content (AvgIpc) is 3.03. The summed E-state index contributed by atoms with van der Waals surface area (Å²) in [6.07, 6.45) is 0. The number of rotatable bonds is 5. The Morgan fingerprint density at radius 1 is 1.29 bits per heavy atom. The highest BCUT2D eigenvalue weighted by Gasteiger charge is 2.28. The van der Waals surface area contributed by atoms with Crippen LogP contribution < -0.4 is 10.9 Å². The summed E-state index contributed by atoms with van der Waals surface area (Å²) in [6, 6.07) is 6.03. The van der Waals surface area contributed by atoms with Crippen LogP contribution in [-0.4, -0.2) is 48.5 Å². The highest BCUT2D eigenvalue weighted by molar-refractivity contribution is 7.18. The van der Waals surface area contributed by atoms with E-state index in [9.17, 15) is 19.5 Å². The summed E-state index contributed by atoms with van der Waals surface area (Å²) in [4.78, 5) is 39.6. The Bertz CT molecular complexity index is 1260. The van der Waals surface area contributed by atoms with Crippen molar-refractivity contribution in [2.75, 3.05) is 26.0 Å². The van der Waals surface area contributed by atoms with Crippen molar-refractivity contribution < 1.29 is 28.6 Å². The molecule has 0 aliphatic rings. The molecular weight excluding hydrogens is 422 g/mol. The maximum Gasteiger partial charge on any atom is 0.341 e. The molecule has 2 aromatic heterocycles. The number of nitrogens with zero attached hydrogens (tertiary/aromatic N) is 1. The second-order valence-electron chi connectivity index (χ2n) is 6.82. The number of benzene rings is 1. The molecule has 0 aliphatic carbocycles. The summed E-state index contributed by atoms with van der Waals surface area (Å²) in [5, 5.41) is 21.1. The second kappa shape index (κ2) is 8.60. The SMILES string of the molecule is CCOC(=O)c1c(NC(=O)c2cc3cccc(O)c3oc2=N)sc(C(=O)N(C)C)c1C. The standard InChI is InChI=1S/C21H21N3O6S/c1-5-29-21(28)14-10(2)16(20(27)24(3)4)31-19(14)23-18(26)12-9-11-7-6-8-13(25)15(11)30-17(12)22/h6-9,22,25H,5H2,1-4H3,(H,23,26). The van der Waals surface area contributed by atoms with E-state index in [1.807, 2.05) is 0 Å². The molecule has 10 heteroatoms. The van der Waals surface area contributed by atoms with E-state index in [2.05, 4.69) is 5.32 Å². The van der Waals surface area contributed by atoms with Gasteiger partial charge in [0.25, 0.3) is 11.8 Å². The third-order valence-corrected chi connectivity index (χ3v) is 5.67. The molecule has 31 heavy (non-hydrogen) atoms. The number of aromatic hydroxyl groups is 1. The van der Waals surface area contributed by atoms with E-state index < -0.39 is 17.4 Å². The third-order valence-electron chi connectivity index (χ3n) is 4.47. The van der Waals surface area contributed by atoms with E-state index in [1.165, 1.54) is 17.0 Å². The summed E-state index contributed by atoms with van der Waals surface area (Å²) in [6.45, 7) is 3.39. The van der Waals surface area contributed by atoms with Crippen LogP contribution in [0.2, 0.25) is 0 Å². The Morgan fingerprint density at radius 3 is 2.65 bits per heavy atom. The van der Waals surface area contributed by atoms with Gasteiger partial charge in [-0.2, -0.15) is 0 Å². The predicted molar refractivity (Wildman–Crippen MR) is 115 cm³/mol. The van der Waals surface area contributed by atoms with Crippen LogP contribution in [-0.2, 0) is 4.74 Å². The first kappa shape index (κ1) is 22.0. The lowest BCUT2D eigenvalue weighted by Crippen LogP contribution is -2.21. The smallest absolute Gasteiger partial charge is 0.341 e. The Morgan fingerprint density at radius 2 is 2.00 bits per heavy atom. The molecule has 2 amide bonds. The number of phenols is 1. The molecule has 0 saturated carbocycles. The molecule has 3 rings (SSSR count). The van der Waals surface area contributed by atoms with Crippen molar-refractivity contribution in [3.8, 4) is 5.75 Å². The highest BCUT2D eigenvalue weighted by Crippen LogP contribution is 2.35. The van der Waals surface area contributed by atoms with Crippen molar-refractivity contribution in [1.82, 2.24) is 4.90 Å². The van der Waals surface area contributed by atoms with Crippen molar-refractivity contribution >= 4 is 45.1 Å². The van der Waals surface area contributed by atoms with E-state index in [4.69, 9.17) is 14.6 Å². The van der Waals surface area contributed by atoms with Crippen LogP contribution in [0.5, 0.6) is 5.75 Å². The number of para-hydroxylation sites is 1. The summed E-state index contributed by atoms with van der Waals surface area (Å²) in [5.74, 6) is -1.83. The first-order valence-electron chi connectivity index (χ1n) is 9.29. The molecule has 0 saturated heterocycles. The quantitative estimate of drug-likeness (QED) is 0.519. The molecule has 2 heterocycles. The summed E-state index contributed by atoms with van der Waals surface area (Å²) in [7, 11) is 3.17. The second-order valence-corrected chi connectivity index (χ2v) is 7.84. The number of nitrogens with one attached hydrogen (secondary N) is 2. The molecule has 9 nitrogen and oxygen atoms in total. The highest BCUT2D eigenvalue weighted by atomic mass is 32.1. The van der Waals surface area contributed by atoms with Crippen molar-refractivity contribution in [1.29, 1.82) is 5.41 Å². The first-order chi connectivity index (χ1) is 14.6. The molecule has 0 radical (unpaired) electrons. The molecule has 0 spiro atoms. The topological polar surface area (TPSA) is 133 Å². The van der Waals surface area contributed by atoms with Crippen LogP contribution in [0.3, 0.4) is 0 Å². The maximum absolute atomic E-state index is 12.9. The number of hydrogen-bond donors (Lipinski definition) is 3. The molecule has 0 unspecified atom stereocenters. The minimum atomic E-state index is -0.699. The Kier molecular flexibility index (Phi) is 6.11. The molecule has 0 fully saturated rings. The van der Waals surface area contributed by atoms with Gasteiger partial charge in [-0.3, -0.25) is 15.0 Å². The fourth-order valence-corrected chi connectivity index (χ4v) is 4.15. The van der Waals surface area contributed by atoms with Crippen molar-refractivity contribution in [3.63, 3.8) is 0 Å². The molecular formula is C21H21N3O6S. The molecule has 3 N–H and O–H groups in total.